The highest BCUT2D eigenvalue weighted by Crippen LogP contribution is 2.27. The molecule has 2 aromatic carbocycles. The van der Waals surface area contributed by atoms with Crippen LogP contribution in [0.3, 0.4) is 0 Å². The Morgan fingerprint density at radius 2 is 1.77 bits per heavy atom. The molecule has 3 N–H and O–H groups in total. The van der Waals surface area contributed by atoms with E-state index in [4.69, 9.17) is 11.6 Å². The van der Waals surface area contributed by atoms with Crippen LogP contribution in [0.1, 0.15) is 34.5 Å². The number of urea groups is 1. The van der Waals surface area contributed by atoms with Gasteiger partial charge in [0.2, 0.25) is 0 Å². The molecule has 0 saturated carbocycles. The van der Waals surface area contributed by atoms with E-state index in [1.807, 2.05) is 18.2 Å². The number of benzene rings is 2. The average Bonchev–Trinajstić information content (AvgIpc) is 2.84. The molecule has 188 valence electrons. The van der Waals surface area contributed by atoms with Gasteiger partial charge in [0.05, 0.1) is 6.04 Å². The summed E-state index contributed by atoms with van der Waals surface area (Å²) in [5.74, 6) is -3.18. The molecule has 1 saturated heterocycles. The number of nitrogens with one attached hydrogen (secondary N) is 3. The van der Waals surface area contributed by atoms with Crippen molar-refractivity contribution in [3.05, 3.63) is 70.2 Å². The van der Waals surface area contributed by atoms with Crippen molar-refractivity contribution in [3.63, 3.8) is 0 Å². The van der Waals surface area contributed by atoms with Crippen LogP contribution in [0.4, 0.5) is 18.0 Å². The van der Waals surface area contributed by atoms with E-state index in [2.05, 4.69) is 17.1 Å². The first-order valence-corrected chi connectivity index (χ1v) is 11.2. The number of amides is 4. The first-order valence-electron chi connectivity index (χ1n) is 10.9. The van der Waals surface area contributed by atoms with Gasteiger partial charge in [-0.05, 0) is 41.9 Å². The van der Waals surface area contributed by atoms with Gasteiger partial charge in [-0.15, -0.1) is 0 Å². The number of alkyl halides is 3. The van der Waals surface area contributed by atoms with Crippen molar-refractivity contribution >= 4 is 29.4 Å². The lowest BCUT2D eigenvalue weighted by Gasteiger charge is -2.41. The van der Waals surface area contributed by atoms with Gasteiger partial charge in [0.1, 0.15) is 0 Å². The second-order valence-corrected chi connectivity index (χ2v) is 8.36. The minimum absolute atomic E-state index is 0.0410. The molecular weight excluding hydrogens is 487 g/mol. The number of piperazine rings is 1. The van der Waals surface area contributed by atoms with Crippen molar-refractivity contribution in [3.8, 4) is 0 Å². The Balaban J connectivity index is 1.59. The van der Waals surface area contributed by atoms with Crippen LogP contribution < -0.4 is 16.2 Å². The second kappa shape index (κ2) is 11.4. The van der Waals surface area contributed by atoms with Crippen molar-refractivity contribution in [2.75, 3.05) is 26.2 Å². The van der Waals surface area contributed by atoms with Gasteiger partial charge >= 0.3 is 18.1 Å². The molecule has 0 bridgehead atoms. The second-order valence-electron chi connectivity index (χ2n) is 7.92. The molecule has 0 radical (unpaired) electrons. The van der Waals surface area contributed by atoms with Gasteiger partial charge in [0, 0.05) is 36.8 Å². The van der Waals surface area contributed by atoms with Crippen LogP contribution in [0.25, 0.3) is 0 Å². The summed E-state index contributed by atoms with van der Waals surface area (Å²) >= 11 is 6.16. The fraction of sp³-hybridized carbons (Fsp3) is 0.348. The third-order valence-electron chi connectivity index (χ3n) is 5.61. The van der Waals surface area contributed by atoms with Crippen LogP contribution in [0.2, 0.25) is 5.02 Å². The first kappa shape index (κ1) is 26.3. The highest BCUT2D eigenvalue weighted by molar-refractivity contribution is 6.30. The average molecular weight is 512 g/mol. The topological polar surface area (TPSA) is 93.8 Å². The Hall–Kier alpha value is -3.31. The fourth-order valence-corrected chi connectivity index (χ4v) is 3.88. The highest BCUT2D eigenvalue weighted by atomic mass is 35.5. The minimum Gasteiger partial charge on any atom is -0.334 e. The maximum absolute atomic E-state index is 13.0. The van der Waals surface area contributed by atoms with Gasteiger partial charge in [-0.3, -0.25) is 25.3 Å². The van der Waals surface area contributed by atoms with Crippen molar-refractivity contribution < 1.29 is 27.6 Å². The molecule has 4 amide bonds. The summed E-state index contributed by atoms with van der Waals surface area (Å²) in [7, 11) is 0. The molecule has 1 unspecified atom stereocenters. The number of rotatable bonds is 5. The third-order valence-corrected chi connectivity index (χ3v) is 5.85. The smallest absolute Gasteiger partial charge is 0.334 e. The number of carbonyl (C=O) groups is 3. The van der Waals surface area contributed by atoms with Crippen LogP contribution in [-0.2, 0) is 11.3 Å². The van der Waals surface area contributed by atoms with Gasteiger partial charge in [0.25, 0.3) is 5.91 Å². The summed E-state index contributed by atoms with van der Waals surface area (Å²) in [5.41, 5.74) is 4.67. The summed E-state index contributed by atoms with van der Waals surface area (Å²) in [6, 6.07) is 12.9. The largest absolute Gasteiger partial charge is 0.472 e. The Kier molecular flexibility index (Phi) is 8.57. The van der Waals surface area contributed by atoms with E-state index in [-0.39, 0.29) is 24.2 Å². The molecule has 1 atom stereocenters. The Bertz CT molecular complexity index is 1070. The van der Waals surface area contributed by atoms with Crippen LogP contribution in [0.15, 0.2) is 48.5 Å². The van der Waals surface area contributed by atoms with Crippen molar-refractivity contribution in [1.29, 1.82) is 0 Å². The molecule has 8 nitrogen and oxygen atoms in total. The quantitative estimate of drug-likeness (QED) is 0.537. The van der Waals surface area contributed by atoms with E-state index in [0.717, 1.165) is 18.7 Å². The number of nitrogens with zero attached hydrogens (tertiary/aromatic N) is 2. The molecule has 3 rings (SSSR count). The summed E-state index contributed by atoms with van der Waals surface area (Å²) in [4.78, 5) is 39.8. The predicted molar refractivity (Wildman–Crippen MR) is 123 cm³/mol. The molecule has 2 aromatic rings. The van der Waals surface area contributed by atoms with Gasteiger partial charge in [-0.25, -0.2) is 4.79 Å². The first-order chi connectivity index (χ1) is 16.6. The monoisotopic (exact) mass is 511 g/mol. The van der Waals surface area contributed by atoms with E-state index in [0.29, 0.717) is 23.7 Å². The van der Waals surface area contributed by atoms with Crippen molar-refractivity contribution in [2.24, 2.45) is 0 Å². The van der Waals surface area contributed by atoms with E-state index in [1.54, 1.807) is 28.5 Å². The zero-order valence-electron chi connectivity index (χ0n) is 18.9. The lowest BCUT2D eigenvalue weighted by atomic mass is 10.0. The number of halogens is 4. The molecular formula is C23H25ClF3N5O3. The summed E-state index contributed by atoms with van der Waals surface area (Å²) in [5, 5.41) is 3.47. The van der Waals surface area contributed by atoms with Crippen LogP contribution >= 0.6 is 11.6 Å². The minimum atomic E-state index is -5.11. The van der Waals surface area contributed by atoms with Crippen molar-refractivity contribution in [2.45, 2.75) is 25.7 Å². The van der Waals surface area contributed by atoms with E-state index < -0.39 is 18.0 Å². The molecule has 35 heavy (non-hydrogen) atoms. The molecule has 1 aliphatic rings. The Morgan fingerprint density at radius 3 is 2.40 bits per heavy atom. The number of hydrogen-bond acceptors (Lipinski definition) is 4. The van der Waals surface area contributed by atoms with Gasteiger partial charge < -0.3 is 10.2 Å². The highest BCUT2D eigenvalue weighted by Gasteiger charge is 2.39. The zero-order valence-corrected chi connectivity index (χ0v) is 19.6. The standard InChI is InChI=1S/C23H25ClF3N5O3/c1-2-31-10-11-32(19(14-31)17-4-3-5-18(24)12-17)22(35)28-13-15-6-8-16(9-7-15)20(33)29-30-21(34)23(25,26)27/h3-9,12,19H,2,10-11,13-14H2,1H3,(H,28,35)(H,29,33)(H,30,34). The maximum Gasteiger partial charge on any atom is 0.472 e. The molecule has 0 aliphatic carbocycles. The summed E-state index contributed by atoms with van der Waals surface area (Å²) in [6.07, 6.45) is -5.11. The van der Waals surface area contributed by atoms with Gasteiger partial charge in [0.15, 0.2) is 0 Å². The van der Waals surface area contributed by atoms with Gasteiger partial charge in [-0.2, -0.15) is 13.2 Å². The molecule has 1 aliphatic heterocycles. The van der Waals surface area contributed by atoms with Crippen LogP contribution in [-0.4, -0.2) is 60.0 Å². The van der Waals surface area contributed by atoms with Crippen LogP contribution in [0, 0.1) is 0 Å². The predicted octanol–water partition coefficient (Wildman–Crippen LogP) is 3.25. The SMILES string of the molecule is CCN1CCN(C(=O)NCc2ccc(C(=O)NNC(=O)C(F)(F)F)cc2)C(c2cccc(Cl)c2)C1. The number of carbonyl (C=O) groups excluding carboxylic acids is 3. The normalized spacial score (nSPS) is 16.5. The molecule has 1 fully saturated rings. The van der Waals surface area contributed by atoms with E-state index in [9.17, 15) is 27.6 Å². The zero-order chi connectivity index (χ0) is 25.6. The molecule has 0 aromatic heterocycles. The van der Waals surface area contributed by atoms with Crippen molar-refractivity contribution in [1.82, 2.24) is 26.0 Å². The maximum atomic E-state index is 13.0. The lowest BCUT2D eigenvalue weighted by molar-refractivity contribution is -0.174. The van der Waals surface area contributed by atoms with E-state index >= 15 is 0 Å². The van der Waals surface area contributed by atoms with E-state index in [1.165, 1.54) is 17.6 Å². The molecule has 1 heterocycles. The lowest BCUT2D eigenvalue weighted by Crippen LogP contribution is -2.53. The van der Waals surface area contributed by atoms with Crippen LogP contribution in [0.5, 0.6) is 0 Å². The number of hydrazine groups is 1. The number of likely N-dealkylation sites (N-methyl/N-ethyl adjacent to an activating group) is 1. The molecule has 0 spiro atoms. The summed E-state index contributed by atoms with van der Waals surface area (Å²) in [6.45, 7) is 5.08. The fourth-order valence-electron chi connectivity index (χ4n) is 3.68. The summed E-state index contributed by atoms with van der Waals surface area (Å²) < 4.78 is 36.6. The third kappa shape index (κ3) is 7.09. The Morgan fingerprint density at radius 1 is 1.06 bits per heavy atom. The Labute approximate surface area is 205 Å². The molecule has 12 heteroatoms. The number of hydrogen-bond donors (Lipinski definition) is 3. The van der Waals surface area contributed by atoms with Gasteiger partial charge in [-0.1, -0.05) is 42.8 Å².